The molecule has 3 rings (SSSR count). The van der Waals surface area contributed by atoms with E-state index in [0.29, 0.717) is 23.7 Å². The minimum absolute atomic E-state index is 0.0356. The summed E-state index contributed by atoms with van der Waals surface area (Å²) in [6.45, 7) is 4.75. The van der Waals surface area contributed by atoms with Crippen LogP contribution in [0.15, 0.2) is 47.4 Å². The maximum Gasteiger partial charge on any atom is 0.339 e. The second-order valence-corrected chi connectivity index (χ2v) is 9.85. The van der Waals surface area contributed by atoms with E-state index in [-0.39, 0.29) is 35.4 Å². The molecular formula is C22H26ClFN2O5S. The molecule has 0 radical (unpaired) electrons. The molecule has 0 bridgehead atoms. The van der Waals surface area contributed by atoms with Gasteiger partial charge < -0.3 is 19.1 Å². The van der Waals surface area contributed by atoms with E-state index in [4.69, 9.17) is 20.5 Å². The number of hydrogen-bond acceptors (Lipinski definition) is 5. The van der Waals surface area contributed by atoms with Crippen molar-refractivity contribution in [3.8, 4) is 5.75 Å². The number of halogens is 2. The van der Waals surface area contributed by atoms with Crippen LogP contribution in [0.25, 0.3) is 0 Å². The molecule has 7 nitrogen and oxygen atoms in total. The first kappa shape index (κ1) is 24.3. The Labute approximate surface area is 192 Å². The molecular weight excluding hydrogens is 459 g/mol. The molecule has 1 N–H and O–H groups in total. The summed E-state index contributed by atoms with van der Waals surface area (Å²) in [5.74, 6) is -0.523. The van der Waals surface area contributed by atoms with E-state index in [1.54, 1.807) is 11.0 Å². The highest BCUT2D eigenvalue weighted by Gasteiger charge is 2.25. The molecule has 2 amide bonds. The standard InChI is InChI=1S/C22H26ClFN2O5S/c1-15(2)25-22(27)26(14-19-4-3-11-30-19)13-16-12-17(23)5-10-21(16)31-32(28,29)20-8-6-18(24)7-9-20/h5-10,12,15,19H,3-4,11,13-14H2,1-2H3,(H,25,27)/t19-/m1/s1. The maximum absolute atomic E-state index is 13.2. The fourth-order valence-corrected chi connectivity index (χ4v) is 4.48. The molecule has 0 spiro atoms. The zero-order chi connectivity index (χ0) is 23.3. The van der Waals surface area contributed by atoms with Crippen LogP contribution < -0.4 is 9.50 Å². The van der Waals surface area contributed by atoms with Gasteiger partial charge in [-0.25, -0.2) is 9.18 Å². The number of urea groups is 1. The molecule has 0 unspecified atom stereocenters. The summed E-state index contributed by atoms with van der Waals surface area (Å²) in [6, 6.07) is 8.44. The van der Waals surface area contributed by atoms with E-state index < -0.39 is 15.9 Å². The number of carbonyl (C=O) groups excluding carboxylic acids is 1. The first-order chi connectivity index (χ1) is 15.1. The van der Waals surface area contributed by atoms with Crippen molar-refractivity contribution in [1.29, 1.82) is 0 Å². The van der Waals surface area contributed by atoms with Gasteiger partial charge in [0.05, 0.1) is 12.6 Å². The minimum Gasteiger partial charge on any atom is -0.379 e. The van der Waals surface area contributed by atoms with Crippen molar-refractivity contribution < 1.29 is 26.5 Å². The summed E-state index contributed by atoms with van der Waals surface area (Å²) in [4.78, 5) is 14.2. The second-order valence-electron chi connectivity index (χ2n) is 7.86. The summed E-state index contributed by atoms with van der Waals surface area (Å²) in [5, 5.41) is 3.22. The highest BCUT2D eigenvalue weighted by Crippen LogP contribution is 2.28. The van der Waals surface area contributed by atoms with Crippen molar-refractivity contribution in [2.24, 2.45) is 0 Å². The van der Waals surface area contributed by atoms with Crippen molar-refractivity contribution >= 4 is 27.8 Å². The molecule has 0 saturated carbocycles. The van der Waals surface area contributed by atoms with Crippen LogP contribution in [-0.2, 0) is 21.4 Å². The van der Waals surface area contributed by atoms with Crippen LogP contribution in [0.1, 0.15) is 32.3 Å². The average molecular weight is 485 g/mol. The van der Waals surface area contributed by atoms with E-state index in [9.17, 15) is 17.6 Å². The Balaban J connectivity index is 1.87. The number of hydrogen-bond donors (Lipinski definition) is 1. The summed E-state index contributed by atoms with van der Waals surface area (Å²) in [6.07, 6.45) is 1.66. The van der Waals surface area contributed by atoms with Gasteiger partial charge in [-0.15, -0.1) is 0 Å². The summed E-state index contributed by atoms with van der Waals surface area (Å²) < 4.78 is 49.6. The number of amides is 2. The second kappa shape index (κ2) is 10.5. The number of benzene rings is 2. The summed E-state index contributed by atoms with van der Waals surface area (Å²) >= 11 is 6.15. The van der Waals surface area contributed by atoms with Crippen molar-refractivity contribution in [1.82, 2.24) is 10.2 Å². The average Bonchev–Trinajstić information content (AvgIpc) is 3.22. The van der Waals surface area contributed by atoms with E-state index in [1.165, 1.54) is 12.1 Å². The predicted octanol–water partition coefficient (Wildman–Crippen LogP) is 4.35. The monoisotopic (exact) mass is 484 g/mol. The summed E-state index contributed by atoms with van der Waals surface area (Å²) in [5.41, 5.74) is 0.417. The van der Waals surface area contributed by atoms with Gasteiger partial charge in [0.1, 0.15) is 16.5 Å². The van der Waals surface area contributed by atoms with Crippen LogP contribution in [0.3, 0.4) is 0 Å². The first-order valence-electron chi connectivity index (χ1n) is 10.3. The zero-order valence-electron chi connectivity index (χ0n) is 17.9. The molecule has 0 aromatic heterocycles. The lowest BCUT2D eigenvalue weighted by molar-refractivity contribution is 0.0790. The highest BCUT2D eigenvalue weighted by atomic mass is 35.5. The molecule has 1 heterocycles. The molecule has 2 aromatic rings. The van der Waals surface area contributed by atoms with Gasteiger partial charge in [-0.1, -0.05) is 11.6 Å². The Bertz CT molecular complexity index is 1040. The SMILES string of the molecule is CC(C)NC(=O)N(Cc1cc(Cl)ccc1OS(=O)(=O)c1ccc(F)cc1)C[C@H]1CCCO1. The van der Waals surface area contributed by atoms with Crippen molar-refractivity contribution in [2.45, 2.75) is 50.3 Å². The lowest BCUT2D eigenvalue weighted by Gasteiger charge is -2.27. The first-order valence-corrected chi connectivity index (χ1v) is 12.1. The highest BCUT2D eigenvalue weighted by molar-refractivity contribution is 7.87. The number of nitrogens with one attached hydrogen (secondary N) is 1. The molecule has 1 aliphatic heterocycles. The van der Waals surface area contributed by atoms with Gasteiger partial charge in [-0.3, -0.25) is 0 Å². The van der Waals surface area contributed by atoms with Crippen LogP contribution in [0, 0.1) is 5.82 Å². The summed E-state index contributed by atoms with van der Waals surface area (Å²) in [7, 11) is -4.22. The fourth-order valence-electron chi connectivity index (χ4n) is 3.32. The molecule has 1 atom stereocenters. The molecule has 174 valence electrons. The Morgan fingerprint density at radius 2 is 2.00 bits per heavy atom. The van der Waals surface area contributed by atoms with Crippen LogP contribution in [0.4, 0.5) is 9.18 Å². The van der Waals surface area contributed by atoms with Crippen molar-refractivity contribution in [3.05, 3.63) is 58.9 Å². The number of carbonyl (C=O) groups is 1. The quantitative estimate of drug-likeness (QED) is 0.563. The van der Waals surface area contributed by atoms with E-state index in [0.717, 1.165) is 37.1 Å². The zero-order valence-corrected chi connectivity index (χ0v) is 19.5. The smallest absolute Gasteiger partial charge is 0.339 e. The molecule has 1 aliphatic rings. The van der Waals surface area contributed by atoms with Gasteiger partial charge in [0.2, 0.25) is 0 Å². The molecule has 2 aromatic carbocycles. The third-order valence-electron chi connectivity index (χ3n) is 4.83. The Morgan fingerprint density at radius 3 is 2.62 bits per heavy atom. The molecule has 32 heavy (non-hydrogen) atoms. The normalized spacial score (nSPS) is 16.2. The van der Waals surface area contributed by atoms with Gasteiger partial charge in [0, 0.05) is 29.8 Å². The lowest BCUT2D eigenvalue weighted by atomic mass is 10.1. The molecule has 1 saturated heterocycles. The van der Waals surface area contributed by atoms with Crippen molar-refractivity contribution in [3.63, 3.8) is 0 Å². The predicted molar refractivity (Wildman–Crippen MR) is 119 cm³/mol. The fraction of sp³-hybridized carbons (Fsp3) is 0.409. The van der Waals surface area contributed by atoms with Gasteiger partial charge >= 0.3 is 16.1 Å². The van der Waals surface area contributed by atoms with Gasteiger partial charge in [-0.2, -0.15) is 8.42 Å². The third kappa shape index (κ3) is 6.57. The van der Waals surface area contributed by atoms with Crippen LogP contribution in [-0.4, -0.2) is 44.6 Å². The van der Waals surface area contributed by atoms with E-state index >= 15 is 0 Å². The van der Waals surface area contributed by atoms with Gasteiger partial charge in [0.15, 0.2) is 0 Å². The number of nitrogens with zero attached hydrogens (tertiary/aromatic N) is 1. The number of ether oxygens (including phenoxy) is 1. The van der Waals surface area contributed by atoms with Crippen molar-refractivity contribution in [2.75, 3.05) is 13.2 Å². The Morgan fingerprint density at radius 1 is 1.28 bits per heavy atom. The van der Waals surface area contributed by atoms with E-state index in [2.05, 4.69) is 5.32 Å². The Hall–Kier alpha value is -2.36. The number of rotatable bonds is 8. The molecule has 0 aliphatic carbocycles. The lowest BCUT2D eigenvalue weighted by Crippen LogP contribution is -2.45. The third-order valence-corrected chi connectivity index (χ3v) is 6.32. The molecule has 10 heteroatoms. The Kier molecular flexibility index (Phi) is 7.97. The maximum atomic E-state index is 13.2. The molecule has 1 fully saturated rings. The van der Waals surface area contributed by atoms with Crippen LogP contribution in [0.5, 0.6) is 5.75 Å². The van der Waals surface area contributed by atoms with Gasteiger partial charge in [-0.05, 0) is 69.2 Å². The van der Waals surface area contributed by atoms with Crippen LogP contribution in [0.2, 0.25) is 5.02 Å². The van der Waals surface area contributed by atoms with Crippen LogP contribution >= 0.6 is 11.6 Å². The largest absolute Gasteiger partial charge is 0.379 e. The van der Waals surface area contributed by atoms with E-state index in [1.807, 2.05) is 13.8 Å². The van der Waals surface area contributed by atoms with Gasteiger partial charge in [0.25, 0.3) is 0 Å². The minimum atomic E-state index is -4.22. The topological polar surface area (TPSA) is 84.9 Å².